The fourth-order valence-electron chi connectivity index (χ4n) is 6.59. The lowest BCUT2D eigenvalue weighted by Gasteiger charge is -2.09. The maximum atomic E-state index is 12.6. The maximum absolute atomic E-state index is 12.6. The first-order valence-corrected chi connectivity index (χ1v) is 29.0. The highest BCUT2D eigenvalue weighted by Crippen LogP contribution is 2.20. The highest BCUT2D eigenvalue weighted by Gasteiger charge is 2.13. The molecular weight excluding hydrogens is 981 g/mol. The molecule has 6 aromatic rings. The molecule has 0 aromatic heterocycles. The molecule has 6 aromatic carbocycles. The van der Waals surface area contributed by atoms with Crippen LogP contribution in [0.3, 0.4) is 0 Å². The number of hydrogen-bond acceptors (Lipinski definition) is 8. The standard InChI is InChI=1S/C30H34O4.C29H30O4.6C2H6/c1-21(2)19-33-27-13-9-25(10-14-27)29(31)17-23-5-7-24(8-6-23)18-30(32)26-11-15-28(16-12-26)34-20-22(3)4;1-4-17-32-26-13-9-24(10-14-26)28(30)18-22-5-7-23(8-6-22)19-29(31)25-11-15-27(16-12-25)33-20-21(2)3;6*1-2/h5-16,21-22H,17-20H2,1-4H3;4-16,21H,1,17-20H2,2-3H3;6*1-2H3. The molecule has 0 aliphatic carbocycles. The zero-order valence-corrected chi connectivity index (χ0v) is 51.8. The zero-order chi connectivity index (χ0) is 60.1. The SMILES string of the molecule is C=CCOc1ccc(C(=O)Cc2ccc(CC(=O)c3ccc(OCC(C)C)cc3)cc2)cc1.CC.CC.CC.CC.CC.CC.CC(C)COc1ccc(C(=O)Cc2ccc(CC(=O)c3ccc(OCC(C)C)cc3)cc2)cc1. The van der Waals surface area contributed by atoms with E-state index in [1.54, 1.807) is 42.5 Å². The molecule has 0 aliphatic rings. The van der Waals surface area contributed by atoms with Crippen LogP contribution in [0.25, 0.3) is 0 Å². The number of ether oxygens (including phenoxy) is 4. The van der Waals surface area contributed by atoms with Gasteiger partial charge in [-0.15, -0.1) is 0 Å². The van der Waals surface area contributed by atoms with Crippen molar-refractivity contribution in [2.24, 2.45) is 17.8 Å². The van der Waals surface area contributed by atoms with Crippen molar-refractivity contribution in [2.75, 3.05) is 26.4 Å². The predicted molar refractivity (Wildman–Crippen MR) is 336 cm³/mol. The van der Waals surface area contributed by atoms with Crippen LogP contribution in [0.4, 0.5) is 0 Å². The quantitative estimate of drug-likeness (QED) is 0.0436. The number of ketones is 4. The van der Waals surface area contributed by atoms with Crippen LogP contribution in [0.5, 0.6) is 23.0 Å². The molecule has 0 unspecified atom stereocenters. The third-order valence-corrected chi connectivity index (χ3v) is 10.3. The van der Waals surface area contributed by atoms with Gasteiger partial charge in [-0.2, -0.15) is 0 Å². The Morgan fingerprint density at radius 3 is 0.658 bits per heavy atom. The third kappa shape index (κ3) is 31.2. The van der Waals surface area contributed by atoms with Gasteiger partial charge in [-0.05, 0) is 137 Å². The van der Waals surface area contributed by atoms with Crippen molar-refractivity contribution in [1.82, 2.24) is 0 Å². The number of hydrogen-bond donors (Lipinski definition) is 0. The average molecular weight is 1080 g/mol. The van der Waals surface area contributed by atoms with Crippen LogP contribution in [0.2, 0.25) is 0 Å². The number of carbonyl (C=O) groups is 4. The summed E-state index contributed by atoms with van der Waals surface area (Å²) in [5, 5.41) is 0. The van der Waals surface area contributed by atoms with Gasteiger partial charge >= 0.3 is 0 Å². The fraction of sp³-hybridized carbons (Fsp3) is 0.408. The minimum absolute atomic E-state index is 0.0360. The number of benzene rings is 6. The summed E-state index contributed by atoms with van der Waals surface area (Å²) in [6.07, 6.45) is 2.93. The van der Waals surface area contributed by atoms with Crippen molar-refractivity contribution in [3.63, 3.8) is 0 Å². The van der Waals surface area contributed by atoms with Crippen LogP contribution >= 0.6 is 0 Å². The maximum Gasteiger partial charge on any atom is 0.167 e. The Balaban J connectivity index is 0. The molecule has 79 heavy (non-hydrogen) atoms. The average Bonchev–Trinajstić information content (AvgIpc) is 3.49. The molecule has 0 fully saturated rings. The summed E-state index contributed by atoms with van der Waals surface area (Å²) < 4.78 is 22.5. The van der Waals surface area contributed by atoms with Crippen LogP contribution in [0.1, 0.15) is 188 Å². The van der Waals surface area contributed by atoms with E-state index in [0.29, 0.717) is 97.9 Å². The van der Waals surface area contributed by atoms with E-state index in [2.05, 4.69) is 48.1 Å². The van der Waals surface area contributed by atoms with Gasteiger partial charge in [0.05, 0.1) is 19.8 Å². The molecule has 0 amide bonds. The Hall–Kier alpha value is -7.06. The van der Waals surface area contributed by atoms with E-state index in [4.69, 9.17) is 18.9 Å². The molecule has 8 heteroatoms. The summed E-state index contributed by atoms with van der Waals surface area (Å²) in [5.74, 6) is 4.58. The van der Waals surface area contributed by atoms with Crippen LogP contribution in [0.15, 0.2) is 158 Å². The first-order valence-electron chi connectivity index (χ1n) is 29.0. The van der Waals surface area contributed by atoms with Crippen LogP contribution in [0, 0.1) is 17.8 Å². The minimum Gasteiger partial charge on any atom is -0.493 e. The molecule has 8 nitrogen and oxygen atoms in total. The summed E-state index contributed by atoms with van der Waals surface area (Å²) in [4.78, 5) is 50.5. The lowest BCUT2D eigenvalue weighted by atomic mass is 9.99. The van der Waals surface area contributed by atoms with Gasteiger partial charge in [-0.25, -0.2) is 0 Å². The van der Waals surface area contributed by atoms with Gasteiger partial charge in [0.25, 0.3) is 0 Å². The van der Waals surface area contributed by atoms with E-state index < -0.39 is 0 Å². The van der Waals surface area contributed by atoms with E-state index in [1.165, 1.54) is 0 Å². The summed E-state index contributed by atoms with van der Waals surface area (Å²) >= 11 is 0. The molecule has 0 N–H and O–H groups in total. The van der Waals surface area contributed by atoms with Crippen LogP contribution in [-0.4, -0.2) is 49.6 Å². The van der Waals surface area contributed by atoms with Gasteiger partial charge in [0.2, 0.25) is 0 Å². The Kier molecular flexibility index (Phi) is 43.0. The van der Waals surface area contributed by atoms with Gasteiger partial charge in [0.1, 0.15) is 29.6 Å². The van der Waals surface area contributed by atoms with Gasteiger partial charge in [-0.3, -0.25) is 19.2 Å². The predicted octanol–water partition coefficient (Wildman–Crippen LogP) is 18.9. The molecule has 0 radical (unpaired) electrons. The van der Waals surface area contributed by atoms with E-state index in [0.717, 1.165) is 39.5 Å². The third-order valence-electron chi connectivity index (χ3n) is 10.3. The lowest BCUT2D eigenvalue weighted by Crippen LogP contribution is -2.07. The Morgan fingerprint density at radius 2 is 0.494 bits per heavy atom. The summed E-state index contributed by atoms with van der Waals surface area (Å²) in [6.45, 7) is 42.6. The summed E-state index contributed by atoms with van der Waals surface area (Å²) in [7, 11) is 0. The summed E-state index contributed by atoms with van der Waals surface area (Å²) in [5.41, 5.74) is 6.30. The molecule has 432 valence electrons. The molecule has 0 bridgehead atoms. The molecule has 0 saturated carbocycles. The lowest BCUT2D eigenvalue weighted by molar-refractivity contribution is 0.0984. The van der Waals surface area contributed by atoms with Gasteiger partial charge < -0.3 is 18.9 Å². The Labute approximate surface area is 479 Å². The van der Waals surface area contributed by atoms with Crippen molar-refractivity contribution in [2.45, 2.75) is 150 Å². The molecular formula is C71H100O8. The summed E-state index contributed by atoms with van der Waals surface area (Å²) in [6, 6.07) is 44.3. The minimum atomic E-state index is 0.0360. The smallest absolute Gasteiger partial charge is 0.167 e. The highest BCUT2D eigenvalue weighted by molar-refractivity contribution is 5.99. The molecule has 0 aliphatic heterocycles. The van der Waals surface area contributed by atoms with E-state index in [1.807, 2.05) is 192 Å². The fourth-order valence-corrected chi connectivity index (χ4v) is 6.59. The first-order chi connectivity index (χ1) is 38.2. The second kappa shape index (κ2) is 45.9. The second-order valence-corrected chi connectivity index (χ2v) is 17.8. The van der Waals surface area contributed by atoms with Gasteiger partial charge in [0.15, 0.2) is 23.1 Å². The van der Waals surface area contributed by atoms with Crippen molar-refractivity contribution in [3.8, 4) is 23.0 Å². The van der Waals surface area contributed by atoms with E-state index in [9.17, 15) is 19.2 Å². The van der Waals surface area contributed by atoms with Gasteiger partial charge in [0, 0.05) is 47.9 Å². The number of Topliss-reactive ketones (excluding diaryl/α,β-unsaturated/α-hetero) is 4. The van der Waals surface area contributed by atoms with E-state index in [-0.39, 0.29) is 23.1 Å². The molecule has 0 spiro atoms. The van der Waals surface area contributed by atoms with Crippen LogP contribution < -0.4 is 18.9 Å². The van der Waals surface area contributed by atoms with Gasteiger partial charge in [-0.1, -0.05) is 186 Å². The second-order valence-electron chi connectivity index (χ2n) is 17.8. The Morgan fingerprint density at radius 1 is 0.316 bits per heavy atom. The topological polar surface area (TPSA) is 105 Å². The Bertz CT molecular complexity index is 2390. The largest absolute Gasteiger partial charge is 0.493 e. The van der Waals surface area contributed by atoms with E-state index >= 15 is 0 Å². The number of carbonyl (C=O) groups excluding carboxylic acids is 4. The van der Waals surface area contributed by atoms with Crippen molar-refractivity contribution >= 4 is 23.1 Å². The highest BCUT2D eigenvalue weighted by atomic mass is 16.5. The molecule has 0 saturated heterocycles. The molecule has 0 atom stereocenters. The van der Waals surface area contributed by atoms with Crippen molar-refractivity contribution in [3.05, 3.63) is 203 Å². The molecule has 0 heterocycles. The van der Waals surface area contributed by atoms with Crippen molar-refractivity contribution in [1.29, 1.82) is 0 Å². The monoisotopic (exact) mass is 1080 g/mol. The first kappa shape index (κ1) is 74.0. The van der Waals surface area contributed by atoms with Crippen LogP contribution in [-0.2, 0) is 25.7 Å². The van der Waals surface area contributed by atoms with Crippen molar-refractivity contribution < 1.29 is 38.1 Å². The normalized spacial score (nSPS) is 9.63. The number of rotatable bonds is 24. The molecule has 6 rings (SSSR count). The zero-order valence-electron chi connectivity index (χ0n) is 51.8.